The summed E-state index contributed by atoms with van der Waals surface area (Å²) in [5.41, 5.74) is 7.33. The van der Waals surface area contributed by atoms with Crippen molar-refractivity contribution < 1.29 is 4.74 Å². The highest BCUT2D eigenvalue weighted by atomic mass is 16.5. The van der Waals surface area contributed by atoms with Crippen LogP contribution in [-0.2, 0) is 18.3 Å². The number of hydrogen-bond acceptors (Lipinski definition) is 6. The Morgan fingerprint density at radius 2 is 1.85 bits per heavy atom. The van der Waals surface area contributed by atoms with Gasteiger partial charge in [-0.25, -0.2) is 4.98 Å². The van der Waals surface area contributed by atoms with Crippen LogP contribution in [0.25, 0.3) is 33.4 Å². The highest BCUT2D eigenvalue weighted by molar-refractivity contribution is 5.88. The number of morpholine rings is 1. The van der Waals surface area contributed by atoms with Gasteiger partial charge in [-0.3, -0.25) is 9.36 Å². The Bertz CT molecular complexity index is 1740. The van der Waals surface area contributed by atoms with E-state index >= 15 is 0 Å². The largest absolute Gasteiger partial charge is 0.371 e. The van der Waals surface area contributed by atoms with Gasteiger partial charge >= 0.3 is 0 Å². The number of ether oxygens (including phenoxy) is 1. The van der Waals surface area contributed by atoms with E-state index in [4.69, 9.17) is 9.72 Å². The molecule has 0 spiro atoms. The third kappa shape index (κ3) is 4.92. The zero-order valence-corrected chi connectivity index (χ0v) is 23.4. The smallest absolute Gasteiger partial charge is 0.260 e. The Morgan fingerprint density at radius 3 is 2.58 bits per heavy atom. The number of rotatable bonds is 6. The third-order valence-corrected chi connectivity index (χ3v) is 7.64. The molecule has 0 amide bonds. The van der Waals surface area contributed by atoms with Crippen LogP contribution in [0, 0.1) is 6.92 Å². The van der Waals surface area contributed by atoms with Gasteiger partial charge in [-0.15, -0.1) is 0 Å². The van der Waals surface area contributed by atoms with Gasteiger partial charge in [0.15, 0.2) is 0 Å². The summed E-state index contributed by atoms with van der Waals surface area (Å²) in [5.74, 6) is 0.447. The standard InChI is InChI=1S/C32H34N6O2/c1-5-38-30-23(18-27(31(38)39)25-13-8-21(2)17-26(25)28-7-6-14-37(28)4)19-33-32(35-30)34-24-11-9-22(10-12-24)29-20-36(3)15-16-40-29/h6-14,17-19,29H,5,15-16,20H2,1-4H3,(H,33,34,35). The number of benzene rings is 2. The minimum absolute atomic E-state index is 0.0687. The summed E-state index contributed by atoms with van der Waals surface area (Å²) >= 11 is 0. The van der Waals surface area contributed by atoms with Crippen molar-refractivity contribution in [3.63, 3.8) is 0 Å². The molecule has 5 aromatic rings. The second-order valence-electron chi connectivity index (χ2n) is 10.5. The molecular weight excluding hydrogens is 500 g/mol. The summed E-state index contributed by atoms with van der Waals surface area (Å²) in [5, 5.41) is 4.11. The second kappa shape index (κ2) is 10.7. The Morgan fingerprint density at radius 1 is 1.02 bits per heavy atom. The van der Waals surface area contributed by atoms with E-state index in [1.54, 1.807) is 10.8 Å². The molecule has 8 heteroatoms. The van der Waals surface area contributed by atoms with Gasteiger partial charge < -0.3 is 19.5 Å². The Kier molecular flexibility index (Phi) is 6.96. The van der Waals surface area contributed by atoms with Gasteiger partial charge in [-0.1, -0.05) is 29.8 Å². The van der Waals surface area contributed by atoms with Gasteiger partial charge in [0.05, 0.1) is 12.7 Å². The van der Waals surface area contributed by atoms with Crippen molar-refractivity contribution in [3.05, 3.63) is 94.5 Å². The van der Waals surface area contributed by atoms with Crippen LogP contribution in [0.15, 0.2) is 77.9 Å². The molecule has 6 rings (SSSR count). The summed E-state index contributed by atoms with van der Waals surface area (Å²) in [4.78, 5) is 25.5. The maximum Gasteiger partial charge on any atom is 0.260 e. The van der Waals surface area contributed by atoms with Crippen LogP contribution >= 0.6 is 0 Å². The molecule has 1 aliphatic heterocycles. The van der Waals surface area contributed by atoms with Gasteiger partial charge in [0, 0.05) is 67.0 Å². The molecule has 1 aliphatic rings. The number of aromatic nitrogens is 4. The molecule has 204 valence electrons. The number of nitrogens with one attached hydrogen (secondary N) is 1. The number of nitrogens with zero attached hydrogens (tertiary/aromatic N) is 5. The molecule has 1 saturated heterocycles. The molecule has 0 saturated carbocycles. The van der Waals surface area contributed by atoms with E-state index in [1.807, 2.05) is 50.5 Å². The lowest BCUT2D eigenvalue weighted by Gasteiger charge is -2.30. The molecule has 1 unspecified atom stereocenters. The van der Waals surface area contributed by atoms with Crippen LogP contribution in [0.4, 0.5) is 11.6 Å². The van der Waals surface area contributed by atoms with Gasteiger partial charge in [0.2, 0.25) is 5.95 Å². The number of pyridine rings is 1. The van der Waals surface area contributed by atoms with E-state index in [1.165, 1.54) is 0 Å². The normalized spacial score (nSPS) is 15.9. The number of hydrogen-bond donors (Lipinski definition) is 1. The van der Waals surface area contributed by atoms with Crippen molar-refractivity contribution in [1.82, 2.24) is 24.0 Å². The summed E-state index contributed by atoms with van der Waals surface area (Å²) in [6, 6.07) is 20.4. The van der Waals surface area contributed by atoms with Gasteiger partial charge in [0.1, 0.15) is 5.65 Å². The Balaban J connectivity index is 1.35. The summed E-state index contributed by atoms with van der Waals surface area (Å²) in [6.45, 7) is 7.11. The van der Waals surface area contributed by atoms with Gasteiger partial charge in [-0.2, -0.15) is 4.98 Å². The van der Waals surface area contributed by atoms with Crippen molar-refractivity contribution in [3.8, 4) is 22.4 Å². The van der Waals surface area contributed by atoms with E-state index in [-0.39, 0.29) is 11.7 Å². The monoisotopic (exact) mass is 534 g/mol. The molecule has 0 radical (unpaired) electrons. The quantitative estimate of drug-likeness (QED) is 0.308. The lowest BCUT2D eigenvalue weighted by atomic mass is 9.96. The molecule has 3 aromatic heterocycles. The maximum absolute atomic E-state index is 13.8. The first kappa shape index (κ1) is 26.0. The van der Waals surface area contributed by atoms with Gasteiger partial charge in [-0.05, 0) is 68.4 Å². The number of anilines is 2. The van der Waals surface area contributed by atoms with Crippen LogP contribution in [0.3, 0.4) is 0 Å². The van der Waals surface area contributed by atoms with Crippen LogP contribution in [0.2, 0.25) is 0 Å². The molecule has 40 heavy (non-hydrogen) atoms. The van der Waals surface area contributed by atoms with Crippen molar-refractivity contribution in [2.45, 2.75) is 26.5 Å². The number of likely N-dealkylation sites (N-methyl/N-ethyl adjacent to an activating group) is 1. The third-order valence-electron chi connectivity index (χ3n) is 7.64. The first-order valence-corrected chi connectivity index (χ1v) is 13.7. The Labute approximate surface area is 233 Å². The topological polar surface area (TPSA) is 77.2 Å². The van der Waals surface area contributed by atoms with E-state index in [0.29, 0.717) is 23.7 Å². The molecule has 0 aliphatic carbocycles. The van der Waals surface area contributed by atoms with E-state index in [2.05, 4.69) is 64.1 Å². The molecular formula is C32H34N6O2. The van der Waals surface area contributed by atoms with E-state index in [0.717, 1.165) is 58.7 Å². The molecule has 1 atom stereocenters. The SMILES string of the molecule is CCn1c(=O)c(-c2ccc(C)cc2-c2cccn2C)cc2cnc(Nc3ccc(C4CN(C)CCO4)cc3)nc21. The minimum Gasteiger partial charge on any atom is -0.371 e. The first-order valence-electron chi connectivity index (χ1n) is 13.7. The zero-order valence-electron chi connectivity index (χ0n) is 23.4. The van der Waals surface area contributed by atoms with Crippen molar-refractivity contribution in [2.75, 3.05) is 32.1 Å². The van der Waals surface area contributed by atoms with Crippen molar-refractivity contribution in [1.29, 1.82) is 0 Å². The highest BCUT2D eigenvalue weighted by Gasteiger charge is 2.20. The lowest BCUT2D eigenvalue weighted by Crippen LogP contribution is -2.35. The molecule has 1 fully saturated rings. The van der Waals surface area contributed by atoms with E-state index < -0.39 is 0 Å². The second-order valence-corrected chi connectivity index (χ2v) is 10.5. The zero-order chi connectivity index (χ0) is 27.8. The molecule has 0 bridgehead atoms. The maximum atomic E-state index is 13.8. The minimum atomic E-state index is -0.0687. The van der Waals surface area contributed by atoms with Crippen LogP contribution in [0.1, 0.15) is 24.2 Å². The highest BCUT2D eigenvalue weighted by Crippen LogP contribution is 2.33. The predicted octanol–water partition coefficient (Wildman–Crippen LogP) is 5.54. The number of aryl methyl sites for hydroxylation is 3. The predicted molar refractivity (Wildman–Crippen MR) is 160 cm³/mol. The molecule has 8 nitrogen and oxygen atoms in total. The van der Waals surface area contributed by atoms with E-state index in [9.17, 15) is 4.79 Å². The van der Waals surface area contributed by atoms with Crippen molar-refractivity contribution in [2.24, 2.45) is 7.05 Å². The number of fused-ring (bicyclic) bond motifs is 1. The van der Waals surface area contributed by atoms with Gasteiger partial charge in [0.25, 0.3) is 5.56 Å². The summed E-state index contributed by atoms with van der Waals surface area (Å²) < 4.78 is 9.74. The Hall–Kier alpha value is -4.27. The first-order chi connectivity index (χ1) is 19.4. The average Bonchev–Trinajstić information content (AvgIpc) is 3.39. The summed E-state index contributed by atoms with van der Waals surface area (Å²) in [7, 11) is 4.13. The van der Waals surface area contributed by atoms with Crippen LogP contribution in [0.5, 0.6) is 0 Å². The average molecular weight is 535 g/mol. The fourth-order valence-corrected chi connectivity index (χ4v) is 5.44. The van der Waals surface area contributed by atoms with Crippen molar-refractivity contribution >= 4 is 22.7 Å². The van der Waals surface area contributed by atoms with Crippen LogP contribution < -0.4 is 10.9 Å². The fraction of sp³-hybridized carbons (Fsp3) is 0.281. The molecule has 1 N–H and O–H groups in total. The fourth-order valence-electron chi connectivity index (χ4n) is 5.44. The lowest BCUT2D eigenvalue weighted by molar-refractivity contribution is -0.0208. The van der Waals surface area contributed by atoms with Crippen LogP contribution in [-0.4, -0.2) is 50.7 Å². The summed E-state index contributed by atoms with van der Waals surface area (Å²) in [6.07, 6.45) is 3.88. The molecule has 2 aromatic carbocycles. The molecule has 4 heterocycles.